The first-order chi connectivity index (χ1) is 11.4. The fourth-order valence-electron chi connectivity index (χ4n) is 4.02. The molecule has 0 aromatic heterocycles. The van der Waals surface area contributed by atoms with Gasteiger partial charge in [-0.3, -0.25) is 0 Å². The zero-order valence-electron chi connectivity index (χ0n) is 13.6. The van der Waals surface area contributed by atoms with Crippen molar-refractivity contribution in [2.24, 2.45) is 5.92 Å². The lowest BCUT2D eigenvalue weighted by Crippen LogP contribution is -2.28. The van der Waals surface area contributed by atoms with Crippen molar-refractivity contribution in [3.8, 4) is 0 Å². The van der Waals surface area contributed by atoms with Gasteiger partial charge in [0.2, 0.25) is 0 Å². The second-order valence-electron chi connectivity index (χ2n) is 6.60. The molecular weight excluding hydrogens is 278 g/mol. The summed E-state index contributed by atoms with van der Waals surface area (Å²) in [7, 11) is 0. The molecule has 1 aliphatic heterocycles. The van der Waals surface area contributed by atoms with E-state index in [4.69, 9.17) is 0 Å². The van der Waals surface area contributed by atoms with Gasteiger partial charge in [0.1, 0.15) is 0 Å². The van der Waals surface area contributed by atoms with Crippen LogP contribution in [0.25, 0.3) is 10.8 Å². The average molecular weight is 301 g/mol. The monoisotopic (exact) mass is 301 g/mol. The Kier molecular flexibility index (Phi) is 3.78. The number of nitrogens with one attached hydrogen (secondary N) is 1. The Morgan fingerprint density at radius 3 is 2.61 bits per heavy atom. The van der Waals surface area contributed by atoms with Crippen LogP contribution in [0.2, 0.25) is 0 Å². The summed E-state index contributed by atoms with van der Waals surface area (Å²) < 4.78 is 0. The minimum atomic E-state index is 0.399. The summed E-state index contributed by atoms with van der Waals surface area (Å²) in [4.78, 5) is 0. The van der Waals surface area contributed by atoms with Crippen LogP contribution in [0.4, 0.5) is 5.69 Å². The quantitative estimate of drug-likeness (QED) is 0.629. The first-order valence-electron chi connectivity index (χ1n) is 8.69. The van der Waals surface area contributed by atoms with E-state index in [-0.39, 0.29) is 0 Å². The van der Waals surface area contributed by atoms with Gasteiger partial charge in [0.25, 0.3) is 0 Å². The summed E-state index contributed by atoms with van der Waals surface area (Å²) in [5.41, 5.74) is 4.20. The second kappa shape index (κ2) is 6.08. The fraction of sp³-hybridized carbons (Fsp3) is 0.273. The van der Waals surface area contributed by atoms with E-state index < -0.39 is 0 Å². The van der Waals surface area contributed by atoms with Gasteiger partial charge in [0.05, 0.1) is 6.04 Å². The van der Waals surface area contributed by atoms with Gasteiger partial charge >= 0.3 is 0 Å². The maximum absolute atomic E-state index is 3.84. The number of rotatable bonds is 3. The molecule has 0 aliphatic carbocycles. The molecule has 1 heteroatoms. The van der Waals surface area contributed by atoms with Gasteiger partial charge in [-0.05, 0) is 46.7 Å². The van der Waals surface area contributed by atoms with Gasteiger partial charge in [-0.2, -0.15) is 0 Å². The molecule has 0 saturated heterocycles. The lowest BCUT2D eigenvalue weighted by molar-refractivity contribution is 0.405. The van der Waals surface area contributed by atoms with Crippen LogP contribution >= 0.6 is 0 Å². The van der Waals surface area contributed by atoms with Crippen molar-refractivity contribution in [2.75, 3.05) is 5.32 Å². The van der Waals surface area contributed by atoms with Crippen molar-refractivity contribution < 1.29 is 0 Å². The molecule has 116 valence electrons. The molecule has 2 atom stereocenters. The Morgan fingerprint density at radius 1 is 0.913 bits per heavy atom. The van der Waals surface area contributed by atoms with Crippen molar-refractivity contribution in [3.05, 3.63) is 77.9 Å². The smallest absolute Gasteiger partial charge is 0.0551 e. The highest BCUT2D eigenvalue weighted by Crippen LogP contribution is 2.40. The Balaban J connectivity index is 1.81. The van der Waals surface area contributed by atoms with Crippen molar-refractivity contribution in [1.82, 2.24) is 0 Å². The Labute approximate surface area is 138 Å². The zero-order valence-corrected chi connectivity index (χ0v) is 13.6. The lowest BCUT2D eigenvalue weighted by Gasteiger charge is -2.35. The summed E-state index contributed by atoms with van der Waals surface area (Å²) in [6, 6.07) is 24.6. The number of para-hydroxylation sites is 1. The largest absolute Gasteiger partial charge is 0.378 e. The maximum Gasteiger partial charge on any atom is 0.0551 e. The fourth-order valence-corrected chi connectivity index (χ4v) is 4.02. The molecule has 4 rings (SSSR count). The topological polar surface area (TPSA) is 12.0 Å². The van der Waals surface area contributed by atoms with Crippen LogP contribution in [0.15, 0.2) is 66.7 Å². The van der Waals surface area contributed by atoms with Crippen LogP contribution in [0.5, 0.6) is 0 Å². The maximum atomic E-state index is 3.84. The standard InChI is InChI=1S/C22H23N/c1-2-8-18-15-17-10-4-6-14-21(17)23-22(18)20-13-7-11-16-9-3-5-12-19(16)20/h3-7,9-14,18,22-23H,2,8,15H2,1H3/t18-,22+/m1/s1. The van der Waals surface area contributed by atoms with E-state index in [0.29, 0.717) is 12.0 Å². The summed E-state index contributed by atoms with van der Waals surface area (Å²) in [6.45, 7) is 2.29. The Bertz CT molecular complexity index is 816. The molecule has 1 aliphatic rings. The van der Waals surface area contributed by atoms with Gasteiger partial charge in [0, 0.05) is 5.69 Å². The molecule has 0 radical (unpaired) electrons. The third-order valence-electron chi connectivity index (χ3n) is 5.10. The summed E-state index contributed by atoms with van der Waals surface area (Å²) in [6.07, 6.45) is 3.66. The first kappa shape index (κ1) is 14.3. The van der Waals surface area contributed by atoms with Crippen LogP contribution in [-0.4, -0.2) is 0 Å². The van der Waals surface area contributed by atoms with Gasteiger partial charge in [-0.25, -0.2) is 0 Å². The minimum Gasteiger partial charge on any atom is -0.378 e. The van der Waals surface area contributed by atoms with Crippen LogP contribution in [0.1, 0.15) is 36.9 Å². The van der Waals surface area contributed by atoms with E-state index >= 15 is 0 Å². The van der Waals surface area contributed by atoms with E-state index in [1.165, 1.54) is 46.8 Å². The van der Waals surface area contributed by atoms with Crippen molar-refractivity contribution in [2.45, 2.75) is 32.2 Å². The average Bonchev–Trinajstić information content (AvgIpc) is 2.61. The molecule has 3 aromatic rings. The number of hydrogen-bond donors (Lipinski definition) is 1. The third kappa shape index (κ3) is 2.61. The van der Waals surface area contributed by atoms with Gasteiger partial charge in [0.15, 0.2) is 0 Å². The number of hydrogen-bond acceptors (Lipinski definition) is 1. The molecule has 0 spiro atoms. The van der Waals surface area contributed by atoms with Gasteiger partial charge < -0.3 is 5.32 Å². The Hall–Kier alpha value is -2.28. The van der Waals surface area contributed by atoms with E-state index in [1.807, 2.05) is 0 Å². The summed E-state index contributed by atoms with van der Waals surface area (Å²) in [5, 5.41) is 6.56. The minimum absolute atomic E-state index is 0.399. The second-order valence-corrected chi connectivity index (χ2v) is 6.60. The molecule has 0 fully saturated rings. The summed E-state index contributed by atoms with van der Waals surface area (Å²) in [5.74, 6) is 0.653. The van der Waals surface area contributed by atoms with E-state index in [1.54, 1.807) is 0 Å². The molecule has 0 amide bonds. The van der Waals surface area contributed by atoms with Gasteiger partial charge in [-0.15, -0.1) is 0 Å². The normalized spacial score (nSPS) is 20.0. The predicted molar refractivity (Wildman–Crippen MR) is 98.9 cm³/mol. The van der Waals surface area contributed by atoms with E-state index in [2.05, 4.69) is 79.0 Å². The molecule has 23 heavy (non-hydrogen) atoms. The molecule has 0 unspecified atom stereocenters. The highest BCUT2D eigenvalue weighted by Gasteiger charge is 2.29. The molecule has 0 bridgehead atoms. The first-order valence-corrected chi connectivity index (χ1v) is 8.69. The summed E-state index contributed by atoms with van der Waals surface area (Å²) >= 11 is 0. The zero-order chi connectivity index (χ0) is 15.6. The van der Waals surface area contributed by atoms with E-state index in [9.17, 15) is 0 Å². The van der Waals surface area contributed by atoms with Gasteiger partial charge in [-0.1, -0.05) is 74.0 Å². The Morgan fingerprint density at radius 2 is 1.70 bits per heavy atom. The van der Waals surface area contributed by atoms with Crippen LogP contribution < -0.4 is 5.32 Å². The van der Waals surface area contributed by atoms with Crippen LogP contribution in [0.3, 0.4) is 0 Å². The number of fused-ring (bicyclic) bond motifs is 2. The molecule has 1 N–H and O–H groups in total. The number of anilines is 1. The highest BCUT2D eigenvalue weighted by molar-refractivity contribution is 5.86. The molecule has 1 nitrogen and oxygen atoms in total. The SMILES string of the molecule is CCC[C@@H]1Cc2ccccc2N[C@@H]1c1cccc2ccccc12. The molecular formula is C22H23N. The molecule has 3 aromatic carbocycles. The van der Waals surface area contributed by atoms with Crippen molar-refractivity contribution in [1.29, 1.82) is 0 Å². The van der Waals surface area contributed by atoms with Crippen LogP contribution in [0, 0.1) is 5.92 Å². The predicted octanol–water partition coefficient (Wildman–Crippen LogP) is 5.97. The van der Waals surface area contributed by atoms with Crippen LogP contribution in [-0.2, 0) is 6.42 Å². The third-order valence-corrected chi connectivity index (χ3v) is 5.10. The van der Waals surface area contributed by atoms with Crippen molar-refractivity contribution >= 4 is 16.5 Å². The lowest BCUT2D eigenvalue weighted by atomic mass is 9.80. The highest BCUT2D eigenvalue weighted by atomic mass is 14.9. The molecule has 1 heterocycles. The molecule has 0 saturated carbocycles. The number of benzene rings is 3. The van der Waals surface area contributed by atoms with Crippen molar-refractivity contribution in [3.63, 3.8) is 0 Å². The van der Waals surface area contributed by atoms with E-state index in [0.717, 1.165) is 0 Å².